The molecular weight excluding hydrogens is 434 g/mol. The summed E-state index contributed by atoms with van der Waals surface area (Å²) in [6, 6.07) is 14.4. The fourth-order valence-electron chi connectivity index (χ4n) is 5.83. The lowest BCUT2D eigenvalue weighted by Gasteiger charge is -2.38. The second-order valence-corrected chi connectivity index (χ2v) is 12.8. The van der Waals surface area contributed by atoms with E-state index in [1.54, 1.807) is 0 Å². The minimum Gasteiger partial charge on any atom is -0.385 e. The number of aryl methyl sites for hydroxylation is 1. The van der Waals surface area contributed by atoms with Crippen molar-refractivity contribution in [1.82, 2.24) is 10.2 Å². The summed E-state index contributed by atoms with van der Waals surface area (Å²) in [5, 5.41) is 3.32. The average Bonchev–Trinajstić information content (AvgIpc) is 3.56. The molecule has 2 aliphatic carbocycles. The number of thioether (sulfide) groups is 1. The smallest absolute Gasteiger partial charge is 0.133 e. The van der Waals surface area contributed by atoms with Crippen LogP contribution in [0, 0.1) is 6.92 Å². The van der Waals surface area contributed by atoms with Gasteiger partial charge in [-0.05, 0) is 60.2 Å². The molecule has 1 saturated carbocycles. The van der Waals surface area contributed by atoms with E-state index < -0.39 is 0 Å². The Balaban J connectivity index is 1.45. The third kappa shape index (κ3) is 3.70. The molecule has 1 atom stereocenters. The number of allylic oxidation sites excluding steroid dienone is 3. The number of hydrogen-bond acceptors (Lipinski definition) is 4. The highest BCUT2D eigenvalue weighted by Crippen LogP contribution is 2.56. The molecule has 1 fully saturated rings. The van der Waals surface area contributed by atoms with Crippen LogP contribution >= 0.6 is 11.8 Å². The summed E-state index contributed by atoms with van der Waals surface area (Å²) in [5.41, 5.74) is 15.6. The van der Waals surface area contributed by atoms with Gasteiger partial charge in [0.2, 0.25) is 0 Å². The first-order valence-corrected chi connectivity index (χ1v) is 13.4. The van der Waals surface area contributed by atoms with E-state index in [-0.39, 0.29) is 21.7 Å². The van der Waals surface area contributed by atoms with E-state index in [2.05, 4.69) is 100 Å². The Morgan fingerprint density at radius 2 is 1.56 bits per heavy atom. The molecule has 180 valence electrons. The molecule has 0 saturated heterocycles. The van der Waals surface area contributed by atoms with Gasteiger partial charge in [0, 0.05) is 34.6 Å². The monoisotopic (exact) mass is 473 g/mol. The van der Waals surface area contributed by atoms with Gasteiger partial charge in [0.15, 0.2) is 0 Å². The van der Waals surface area contributed by atoms with Gasteiger partial charge in [-0.25, -0.2) is 0 Å². The van der Waals surface area contributed by atoms with Gasteiger partial charge in [0.1, 0.15) is 11.3 Å². The molecule has 4 heteroatoms. The summed E-state index contributed by atoms with van der Waals surface area (Å²) in [7, 11) is 4.03. The van der Waals surface area contributed by atoms with Crippen molar-refractivity contribution in [3.63, 3.8) is 0 Å². The summed E-state index contributed by atoms with van der Waals surface area (Å²) < 4.78 is 0. The molecule has 34 heavy (non-hydrogen) atoms. The normalized spacial score (nSPS) is 23.9. The van der Waals surface area contributed by atoms with Crippen LogP contribution in [0.2, 0.25) is 0 Å². The van der Waals surface area contributed by atoms with Crippen LogP contribution in [0.4, 0.5) is 0 Å². The van der Waals surface area contributed by atoms with Gasteiger partial charge in [-0.1, -0.05) is 88.0 Å². The maximum Gasteiger partial charge on any atom is 0.133 e. The van der Waals surface area contributed by atoms with Crippen molar-refractivity contribution >= 4 is 11.8 Å². The zero-order valence-corrected chi connectivity index (χ0v) is 22.6. The summed E-state index contributed by atoms with van der Waals surface area (Å²) in [5.74, 6) is 0.886. The molecule has 3 aliphatic rings. The molecular formula is C30H39N3S. The number of hydrogen-bond donors (Lipinski definition) is 2. The summed E-state index contributed by atoms with van der Waals surface area (Å²) in [6.07, 6.45) is 8.14. The van der Waals surface area contributed by atoms with Crippen molar-refractivity contribution in [3.05, 3.63) is 92.7 Å². The minimum absolute atomic E-state index is 0.0677. The van der Waals surface area contributed by atoms with Crippen LogP contribution in [0.1, 0.15) is 73.9 Å². The number of nitrogens with two attached hydrogens (primary N) is 1. The third-order valence-electron chi connectivity index (χ3n) is 8.32. The number of nitrogens with one attached hydrogen (secondary N) is 1. The van der Waals surface area contributed by atoms with Crippen LogP contribution in [-0.4, -0.2) is 24.5 Å². The van der Waals surface area contributed by atoms with Gasteiger partial charge in [0.25, 0.3) is 0 Å². The third-order valence-corrected chi connectivity index (χ3v) is 9.74. The number of fused-ring (bicyclic) bond motifs is 1. The maximum absolute atomic E-state index is 6.37. The highest BCUT2D eigenvalue weighted by atomic mass is 32.2. The second-order valence-electron chi connectivity index (χ2n) is 11.6. The minimum atomic E-state index is 0.0677. The number of nitrogens with zero attached hydrogens (tertiary/aromatic N) is 1. The molecule has 5 rings (SSSR count). The molecule has 1 heterocycles. The molecule has 1 unspecified atom stereocenters. The highest BCUT2D eigenvalue weighted by molar-refractivity contribution is 8.03. The fraction of sp³-hybridized carbons (Fsp3) is 0.467. The maximum atomic E-state index is 6.37. The first-order chi connectivity index (χ1) is 16.0. The Hall–Kier alpha value is -2.17. The Morgan fingerprint density at radius 3 is 2.09 bits per heavy atom. The van der Waals surface area contributed by atoms with Crippen molar-refractivity contribution in [2.24, 2.45) is 5.73 Å². The molecule has 0 radical (unpaired) electrons. The van der Waals surface area contributed by atoms with Crippen LogP contribution < -0.4 is 11.1 Å². The van der Waals surface area contributed by atoms with Crippen LogP contribution in [-0.2, 0) is 22.7 Å². The predicted molar refractivity (Wildman–Crippen MR) is 146 cm³/mol. The Morgan fingerprint density at radius 1 is 0.971 bits per heavy atom. The first-order valence-electron chi connectivity index (χ1n) is 12.5. The van der Waals surface area contributed by atoms with E-state index in [1.807, 2.05) is 18.8 Å². The van der Waals surface area contributed by atoms with Gasteiger partial charge in [-0.2, -0.15) is 0 Å². The average molecular weight is 474 g/mol. The molecule has 2 aromatic carbocycles. The molecule has 3 N–H and O–H groups in total. The van der Waals surface area contributed by atoms with Crippen molar-refractivity contribution in [3.8, 4) is 0 Å². The Bertz CT molecular complexity index is 1180. The van der Waals surface area contributed by atoms with Crippen LogP contribution in [0.25, 0.3) is 0 Å². The van der Waals surface area contributed by atoms with Crippen molar-refractivity contribution in [2.75, 3.05) is 14.1 Å². The molecule has 1 aliphatic heterocycles. The zero-order valence-electron chi connectivity index (χ0n) is 21.8. The van der Waals surface area contributed by atoms with E-state index in [4.69, 9.17) is 5.73 Å². The fourth-order valence-corrected chi connectivity index (χ4v) is 7.01. The van der Waals surface area contributed by atoms with Crippen LogP contribution in [0.5, 0.6) is 0 Å². The highest BCUT2D eigenvalue weighted by Gasteiger charge is 2.48. The molecule has 2 aromatic rings. The summed E-state index contributed by atoms with van der Waals surface area (Å²) in [4.78, 5) is 3.36. The van der Waals surface area contributed by atoms with Gasteiger partial charge < -0.3 is 10.6 Å². The predicted octanol–water partition coefficient (Wildman–Crippen LogP) is 6.05. The lowest BCUT2D eigenvalue weighted by molar-refractivity contribution is 0.364. The van der Waals surface area contributed by atoms with E-state index in [0.717, 1.165) is 12.2 Å². The van der Waals surface area contributed by atoms with E-state index >= 15 is 0 Å². The molecule has 0 aromatic heterocycles. The Labute approximate surface area is 209 Å². The summed E-state index contributed by atoms with van der Waals surface area (Å²) in [6.45, 7) is 11.7. The molecule has 0 amide bonds. The quantitative estimate of drug-likeness (QED) is 0.519. The van der Waals surface area contributed by atoms with E-state index in [9.17, 15) is 0 Å². The van der Waals surface area contributed by atoms with Crippen molar-refractivity contribution in [1.29, 1.82) is 0 Å². The van der Waals surface area contributed by atoms with Gasteiger partial charge >= 0.3 is 0 Å². The molecule has 3 nitrogen and oxygen atoms in total. The lowest BCUT2D eigenvalue weighted by atomic mass is 9.66. The zero-order chi connectivity index (χ0) is 24.5. The summed E-state index contributed by atoms with van der Waals surface area (Å²) >= 11 is 1.82. The van der Waals surface area contributed by atoms with Gasteiger partial charge in [-0.3, -0.25) is 5.32 Å². The van der Waals surface area contributed by atoms with Gasteiger partial charge in [-0.15, -0.1) is 0 Å². The standard InChI is InChI=1S/C30H39N3S/c1-19-16-23-24(29(4,5)13-12-28(23,2)3)18-22(19)30(14-15-30)21-10-8-20(9-11-21)17-25-26(31)33(7)27(32-6)34-25/h8-13,16,18,27,32H,14-15,17,31H2,1-7H3. The van der Waals surface area contributed by atoms with Crippen molar-refractivity contribution in [2.45, 2.75) is 75.6 Å². The van der Waals surface area contributed by atoms with Crippen molar-refractivity contribution < 1.29 is 0 Å². The topological polar surface area (TPSA) is 41.3 Å². The lowest BCUT2D eigenvalue weighted by Crippen LogP contribution is -2.36. The second kappa shape index (κ2) is 7.93. The number of benzene rings is 2. The SMILES string of the molecule is CNC1SC(Cc2ccc(C3(c4cc5c(cc4C)C(C)(C)C=CC5(C)C)CC3)cc2)=C(N)N1C. The van der Waals surface area contributed by atoms with E-state index in [1.165, 1.54) is 51.1 Å². The van der Waals surface area contributed by atoms with Gasteiger partial charge in [0.05, 0.1) is 0 Å². The van der Waals surface area contributed by atoms with Crippen LogP contribution in [0.15, 0.2) is 59.3 Å². The largest absolute Gasteiger partial charge is 0.385 e. The van der Waals surface area contributed by atoms with E-state index in [0.29, 0.717) is 0 Å². The Kier molecular flexibility index (Phi) is 5.49. The van der Waals surface area contributed by atoms with Crippen LogP contribution in [0.3, 0.4) is 0 Å². The first kappa shape index (κ1) is 23.6. The molecule has 0 spiro atoms. The molecule has 0 bridgehead atoms. The number of rotatable bonds is 5.